The van der Waals surface area contributed by atoms with Gasteiger partial charge in [0.2, 0.25) is 0 Å². The van der Waals surface area contributed by atoms with Crippen LogP contribution in [0.25, 0.3) is 5.69 Å². The predicted molar refractivity (Wildman–Crippen MR) is 71.1 cm³/mol. The maximum absolute atomic E-state index is 10.9. The summed E-state index contributed by atoms with van der Waals surface area (Å²) < 4.78 is 2.55. The third-order valence-electron chi connectivity index (χ3n) is 2.61. The molecule has 0 aliphatic heterocycles. The van der Waals surface area contributed by atoms with Gasteiger partial charge in [0.1, 0.15) is 0 Å². The Morgan fingerprint density at radius 3 is 2.65 bits per heavy atom. The van der Waals surface area contributed by atoms with Gasteiger partial charge in [0, 0.05) is 4.47 Å². The van der Waals surface area contributed by atoms with E-state index in [2.05, 4.69) is 21.0 Å². The molecular weight excluding hydrogens is 304 g/mol. The Bertz CT molecular complexity index is 592. The number of aryl methyl sites for hydroxylation is 1. The van der Waals surface area contributed by atoms with Crippen molar-refractivity contribution in [3.8, 4) is 5.69 Å². The van der Waals surface area contributed by atoms with Gasteiger partial charge in [0.25, 0.3) is 0 Å². The lowest BCUT2D eigenvalue weighted by atomic mass is 10.2. The Balaban J connectivity index is 2.60. The maximum Gasteiger partial charge on any atom is 0.153 e. The highest BCUT2D eigenvalue weighted by atomic mass is 79.9. The highest BCUT2D eigenvalue weighted by Gasteiger charge is 2.12. The van der Waals surface area contributed by atoms with Gasteiger partial charge in [-0.1, -0.05) is 11.6 Å². The zero-order valence-electron chi connectivity index (χ0n) is 9.37. The van der Waals surface area contributed by atoms with Gasteiger partial charge >= 0.3 is 0 Å². The molecule has 0 unspecified atom stereocenters. The van der Waals surface area contributed by atoms with Gasteiger partial charge in [0.15, 0.2) is 6.29 Å². The van der Waals surface area contributed by atoms with E-state index in [0.717, 1.165) is 27.8 Å². The van der Waals surface area contributed by atoms with Crippen LogP contribution >= 0.6 is 27.5 Å². The first kappa shape index (κ1) is 12.3. The molecule has 5 heteroatoms. The molecule has 1 aromatic carbocycles. The molecule has 0 aliphatic rings. The number of halogens is 2. The summed E-state index contributed by atoms with van der Waals surface area (Å²) in [6.07, 6.45) is 0.828. The Labute approximate surface area is 113 Å². The molecule has 0 fully saturated rings. The van der Waals surface area contributed by atoms with Gasteiger partial charge in [-0.05, 0) is 48.0 Å². The van der Waals surface area contributed by atoms with E-state index in [4.69, 9.17) is 11.6 Å². The number of aromatic nitrogens is 2. The molecule has 88 valence electrons. The third kappa shape index (κ3) is 2.15. The fourth-order valence-electron chi connectivity index (χ4n) is 1.69. The van der Waals surface area contributed by atoms with Crippen LogP contribution in [0.3, 0.4) is 0 Å². The molecule has 2 rings (SSSR count). The lowest BCUT2D eigenvalue weighted by Crippen LogP contribution is -1.99. The number of hydrogen-bond acceptors (Lipinski definition) is 2. The minimum absolute atomic E-state index is 0.614. The number of hydrogen-bond donors (Lipinski definition) is 0. The minimum Gasteiger partial charge on any atom is -0.298 e. The first-order valence-electron chi connectivity index (χ1n) is 5.01. The van der Waals surface area contributed by atoms with Crippen molar-refractivity contribution >= 4 is 33.8 Å². The van der Waals surface area contributed by atoms with Crippen molar-refractivity contribution in [1.29, 1.82) is 0 Å². The van der Waals surface area contributed by atoms with Crippen LogP contribution in [-0.2, 0) is 0 Å². The molecule has 0 N–H and O–H groups in total. The Hall–Kier alpha value is -1.13. The number of nitrogens with zero attached hydrogens (tertiary/aromatic N) is 2. The van der Waals surface area contributed by atoms with Gasteiger partial charge in [-0.3, -0.25) is 4.79 Å². The summed E-state index contributed by atoms with van der Waals surface area (Å²) in [7, 11) is 0. The average molecular weight is 314 g/mol. The highest BCUT2D eigenvalue weighted by Crippen LogP contribution is 2.26. The van der Waals surface area contributed by atoms with E-state index in [0.29, 0.717) is 10.6 Å². The zero-order valence-corrected chi connectivity index (χ0v) is 11.7. The monoisotopic (exact) mass is 312 g/mol. The lowest BCUT2D eigenvalue weighted by molar-refractivity contribution is 0.112. The van der Waals surface area contributed by atoms with E-state index in [-0.39, 0.29) is 0 Å². The summed E-state index contributed by atoms with van der Waals surface area (Å²) in [4.78, 5) is 10.9. The average Bonchev–Trinajstić information content (AvgIpc) is 2.58. The first-order valence-corrected chi connectivity index (χ1v) is 6.18. The molecule has 0 amide bonds. The van der Waals surface area contributed by atoms with Gasteiger partial charge in [-0.2, -0.15) is 5.10 Å². The Morgan fingerprint density at radius 2 is 2.12 bits per heavy atom. The summed E-state index contributed by atoms with van der Waals surface area (Å²) in [6.45, 7) is 3.67. The van der Waals surface area contributed by atoms with Gasteiger partial charge in [-0.25, -0.2) is 4.68 Å². The fourth-order valence-corrected chi connectivity index (χ4v) is 2.11. The van der Waals surface area contributed by atoms with Crippen molar-refractivity contribution in [3.63, 3.8) is 0 Å². The summed E-state index contributed by atoms with van der Waals surface area (Å²) in [5.41, 5.74) is 3.00. The van der Waals surface area contributed by atoms with Crippen LogP contribution in [-0.4, -0.2) is 16.1 Å². The number of benzene rings is 1. The summed E-state index contributed by atoms with van der Waals surface area (Å²) >= 11 is 9.37. The Kier molecular flexibility index (Phi) is 3.35. The van der Waals surface area contributed by atoms with Crippen LogP contribution in [0.2, 0.25) is 5.02 Å². The first-order chi connectivity index (χ1) is 8.04. The molecule has 1 heterocycles. The van der Waals surface area contributed by atoms with Gasteiger partial charge in [0.05, 0.1) is 27.7 Å². The number of aldehydes is 1. The molecule has 0 atom stereocenters. The second-order valence-corrected chi connectivity index (χ2v) is 4.97. The molecule has 0 saturated heterocycles. The van der Waals surface area contributed by atoms with Crippen molar-refractivity contribution in [2.24, 2.45) is 0 Å². The van der Waals surface area contributed by atoms with Crippen molar-refractivity contribution in [2.45, 2.75) is 13.8 Å². The minimum atomic E-state index is 0.614. The van der Waals surface area contributed by atoms with Crippen LogP contribution in [0.4, 0.5) is 0 Å². The highest BCUT2D eigenvalue weighted by molar-refractivity contribution is 9.10. The maximum atomic E-state index is 10.9. The van der Waals surface area contributed by atoms with Crippen LogP contribution in [0.5, 0.6) is 0 Å². The second-order valence-electron chi connectivity index (χ2n) is 3.71. The second kappa shape index (κ2) is 4.63. The standard InChI is InChI=1S/C12H10BrClN2O/c1-7-10(6-17)8(2)16(15-7)9-3-4-11(13)12(14)5-9/h3-6H,1-2H3. The van der Waals surface area contributed by atoms with Crippen molar-refractivity contribution in [2.75, 3.05) is 0 Å². The predicted octanol–water partition coefficient (Wildman–Crippen LogP) is 3.72. The normalized spacial score (nSPS) is 10.6. The zero-order chi connectivity index (χ0) is 12.6. The van der Waals surface area contributed by atoms with Crippen molar-refractivity contribution < 1.29 is 4.79 Å². The summed E-state index contributed by atoms with van der Waals surface area (Å²) in [5.74, 6) is 0. The summed E-state index contributed by atoms with van der Waals surface area (Å²) in [6, 6.07) is 5.55. The van der Waals surface area contributed by atoms with Crippen LogP contribution in [0.1, 0.15) is 21.7 Å². The molecule has 0 aliphatic carbocycles. The number of carbonyl (C=O) groups excluding carboxylic acids is 1. The van der Waals surface area contributed by atoms with Gasteiger partial charge < -0.3 is 0 Å². The third-order valence-corrected chi connectivity index (χ3v) is 3.85. The molecule has 3 nitrogen and oxygen atoms in total. The number of rotatable bonds is 2. The van der Waals surface area contributed by atoms with E-state index in [1.165, 1.54) is 0 Å². The van der Waals surface area contributed by atoms with Crippen LogP contribution in [0.15, 0.2) is 22.7 Å². The van der Waals surface area contributed by atoms with E-state index in [1.807, 2.05) is 26.0 Å². The molecule has 17 heavy (non-hydrogen) atoms. The van der Waals surface area contributed by atoms with Crippen molar-refractivity contribution in [3.05, 3.63) is 44.6 Å². The molecule has 0 saturated carbocycles. The quantitative estimate of drug-likeness (QED) is 0.792. The van der Waals surface area contributed by atoms with Crippen LogP contribution in [0, 0.1) is 13.8 Å². The molecule has 0 bridgehead atoms. The largest absolute Gasteiger partial charge is 0.298 e. The van der Waals surface area contributed by atoms with Crippen LogP contribution < -0.4 is 0 Å². The smallest absolute Gasteiger partial charge is 0.153 e. The van der Waals surface area contributed by atoms with Gasteiger partial charge in [-0.15, -0.1) is 0 Å². The lowest BCUT2D eigenvalue weighted by Gasteiger charge is -2.05. The SMILES string of the molecule is Cc1nn(-c2ccc(Br)c(Cl)c2)c(C)c1C=O. The van der Waals surface area contributed by atoms with E-state index >= 15 is 0 Å². The Morgan fingerprint density at radius 1 is 1.41 bits per heavy atom. The summed E-state index contributed by atoms with van der Waals surface area (Å²) in [5, 5.41) is 4.95. The van der Waals surface area contributed by atoms with E-state index < -0.39 is 0 Å². The number of carbonyl (C=O) groups is 1. The van der Waals surface area contributed by atoms with E-state index in [1.54, 1.807) is 10.7 Å². The molecule has 2 aromatic rings. The van der Waals surface area contributed by atoms with E-state index in [9.17, 15) is 4.79 Å². The van der Waals surface area contributed by atoms with Crippen molar-refractivity contribution in [1.82, 2.24) is 9.78 Å². The molecule has 0 spiro atoms. The fraction of sp³-hybridized carbons (Fsp3) is 0.167. The molecule has 1 aromatic heterocycles. The topological polar surface area (TPSA) is 34.9 Å². The molecular formula is C12H10BrClN2O. The molecule has 0 radical (unpaired) electrons.